The maximum Gasteiger partial charge on any atom is 0.330 e. The molecule has 2 saturated heterocycles. The van der Waals surface area contributed by atoms with E-state index in [2.05, 4.69) is 6.92 Å². The van der Waals surface area contributed by atoms with Crippen molar-refractivity contribution in [2.24, 2.45) is 11.8 Å². The predicted octanol–water partition coefficient (Wildman–Crippen LogP) is 3.09. The molecule has 1 N–H and O–H groups in total. The fourth-order valence-electron chi connectivity index (χ4n) is 4.80. The second kappa shape index (κ2) is 11.3. The van der Waals surface area contributed by atoms with Gasteiger partial charge in [-0.05, 0) is 33.3 Å². The van der Waals surface area contributed by atoms with Crippen LogP contribution in [0.3, 0.4) is 0 Å². The molecule has 0 amide bonds. The third-order valence-corrected chi connectivity index (χ3v) is 6.45. The second-order valence-corrected chi connectivity index (χ2v) is 9.22. The Morgan fingerprint density at radius 3 is 2.50 bits per heavy atom. The molecule has 32 heavy (non-hydrogen) atoms. The number of aliphatic hydroxyl groups is 1. The van der Waals surface area contributed by atoms with E-state index in [-0.39, 0.29) is 0 Å². The molecule has 0 aromatic heterocycles. The number of rotatable bonds is 9. The van der Waals surface area contributed by atoms with Crippen LogP contribution in [0.5, 0.6) is 0 Å². The molecule has 2 rings (SSSR count). The summed E-state index contributed by atoms with van der Waals surface area (Å²) >= 11 is 0. The molecule has 0 aliphatic carbocycles. The van der Waals surface area contributed by atoms with E-state index in [4.69, 9.17) is 18.9 Å². The van der Waals surface area contributed by atoms with Crippen LogP contribution in [0.4, 0.5) is 0 Å². The second-order valence-electron chi connectivity index (χ2n) is 9.22. The number of aliphatic hydroxyl groups excluding tert-OH is 1. The van der Waals surface area contributed by atoms with Gasteiger partial charge < -0.3 is 24.1 Å². The van der Waals surface area contributed by atoms with Crippen LogP contribution in [0.15, 0.2) is 12.2 Å². The lowest BCUT2D eigenvalue weighted by Gasteiger charge is -2.55. The molecule has 2 aliphatic heterocycles. The first-order valence-corrected chi connectivity index (χ1v) is 11.6. The Hall–Kier alpha value is -1.93. The summed E-state index contributed by atoms with van der Waals surface area (Å²) in [4.78, 5) is 36.5. The van der Waals surface area contributed by atoms with Crippen LogP contribution < -0.4 is 0 Å². The topological polar surface area (TPSA) is 108 Å². The van der Waals surface area contributed by atoms with Crippen LogP contribution in [-0.2, 0) is 33.3 Å². The van der Waals surface area contributed by atoms with Gasteiger partial charge in [-0.3, -0.25) is 9.59 Å². The predicted molar refractivity (Wildman–Crippen MR) is 116 cm³/mol. The molecule has 8 nitrogen and oxygen atoms in total. The van der Waals surface area contributed by atoms with Gasteiger partial charge in [-0.2, -0.15) is 0 Å². The molecule has 182 valence electrons. The van der Waals surface area contributed by atoms with E-state index >= 15 is 0 Å². The summed E-state index contributed by atoms with van der Waals surface area (Å²) in [6, 6.07) is 0. The molecular formula is C24H38O8. The van der Waals surface area contributed by atoms with Crippen LogP contribution in [0.2, 0.25) is 0 Å². The Balaban J connectivity index is 2.05. The lowest BCUT2D eigenvalue weighted by atomic mass is 9.73. The van der Waals surface area contributed by atoms with Gasteiger partial charge >= 0.3 is 17.9 Å². The van der Waals surface area contributed by atoms with E-state index in [0.29, 0.717) is 6.42 Å². The molecule has 0 radical (unpaired) electrons. The summed E-state index contributed by atoms with van der Waals surface area (Å²) in [5, 5.41) is 10.0. The molecule has 8 atom stereocenters. The Labute approximate surface area is 190 Å². The molecular weight excluding hydrogens is 416 g/mol. The average Bonchev–Trinajstić information content (AvgIpc) is 2.72. The van der Waals surface area contributed by atoms with Gasteiger partial charge in [-0.25, -0.2) is 4.79 Å². The number of unbranched alkanes of at least 4 members (excludes halogenated alkanes) is 3. The van der Waals surface area contributed by atoms with Gasteiger partial charge in [-0.1, -0.05) is 39.5 Å². The van der Waals surface area contributed by atoms with E-state index in [1.807, 2.05) is 6.92 Å². The molecule has 0 unspecified atom stereocenters. The van der Waals surface area contributed by atoms with Crippen LogP contribution in [0, 0.1) is 11.8 Å². The number of fused-ring (bicyclic) bond motifs is 1. The van der Waals surface area contributed by atoms with Gasteiger partial charge in [0.15, 0.2) is 0 Å². The van der Waals surface area contributed by atoms with Gasteiger partial charge in [0.05, 0.1) is 18.1 Å². The summed E-state index contributed by atoms with van der Waals surface area (Å²) in [5.41, 5.74) is -1.06. The highest BCUT2D eigenvalue weighted by atomic mass is 16.6. The SMILES string of the molecule is CCCCCC[C@H](O)/C=C/C(=O)O[C@@H]1[C@@H](C)[C@@H]2OC(=O)[C@H](C)[C@H](OC(C)=O)[C@@]2(C)O[C@H]1C. The molecule has 0 saturated carbocycles. The third kappa shape index (κ3) is 6.10. The first-order chi connectivity index (χ1) is 15.0. The average molecular weight is 455 g/mol. The van der Waals surface area contributed by atoms with Crippen molar-refractivity contribution in [2.75, 3.05) is 0 Å². The fourth-order valence-corrected chi connectivity index (χ4v) is 4.80. The van der Waals surface area contributed by atoms with Gasteiger partial charge in [0.2, 0.25) is 0 Å². The van der Waals surface area contributed by atoms with Crippen molar-refractivity contribution >= 4 is 17.9 Å². The van der Waals surface area contributed by atoms with Crippen molar-refractivity contribution in [1.29, 1.82) is 0 Å². The zero-order chi connectivity index (χ0) is 24.1. The molecule has 0 bridgehead atoms. The Bertz CT molecular complexity index is 704. The van der Waals surface area contributed by atoms with Gasteiger partial charge in [0.25, 0.3) is 0 Å². The van der Waals surface area contributed by atoms with E-state index in [1.54, 1.807) is 20.8 Å². The summed E-state index contributed by atoms with van der Waals surface area (Å²) < 4.78 is 22.9. The van der Waals surface area contributed by atoms with Crippen molar-refractivity contribution in [3.05, 3.63) is 12.2 Å². The number of esters is 3. The highest BCUT2D eigenvalue weighted by Gasteiger charge is 2.62. The zero-order valence-corrected chi connectivity index (χ0v) is 20.0. The lowest BCUT2D eigenvalue weighted by molar-refractivity contribution is -0.300. The van der Waals surface area contributed by atoms with Crippen LogP contribution in [0.1, 0.15) is 73.6 Å². The minimum Gasteiger partial charge on any atom is -0.458 e. The quantitative estimate of drug-likeness (QED) is 0.245. The summed E-state index contributed by atoms with van der Waals surface area (Å²) in [6.45, 7) is 10.4. The zero-order valence-electron chi connectivity index (χ0n) is 20.0. The lowest BCUT2D eigenvalue weighted by Crippen LogP contribution is -2.70. The van der Waals surface area contributed by atoms with E-state index in [0.717, 1.165) is 25.7 Å². The normalized spacial score (nSPS) is 35.7. The van der Waals surface area contributed by atoms with Crippen molar-refractivity contribution in [2.45, 2.75) is 110 Å². The standard InChI is InChI=1S/C24H38O8/c1-7-8-9-10-11-18(26)12-13-19(27)30-20-14(2)21-24(6,32-16(20)4)22(29-17(5)25)15(3)23(28)31-21/h12-16,18,20-22,26H,7-11H2,1-6H3/b13-12+/t14-,15-,16+,18+,20-,21+,22+,24+/m1/s1. The van der Waals surface area contributed by atoms with Crippen molar-refractivity contribution in [1.82, 2.24) is 0 Å². The minimum absolute atomic E-state index is 0.394. The van der Waals surface area contributed by atoms with Crippen LogP contribution >= 0.6 is 0 Å². The summed E-state index contributed by atoms with van der Waals surface area (Å²) in [6.07, 6.45) is 3.99. The van der Waals surface area contributed by atoms with Crippen LogP contribution in [-0.4, -0.2) is 59.1 Å². The Kier molecular flexibility index (Phi) is 9.28. The minimum atomic E-state index is -1.06. The molecule has 8 heteroatoms. The molecule has 0 aromatic carbocycles. The van der Waals surface area contributed by atoms with E-state index in [9.17, 15) is 19.5 Å². The summed E-state index contributed by atoms with van der Waals surface area (Å²) in [5.74, 6) is -2.66. The molecule has 2 fully saturated rings. The molecule has 0 spiro atoms. The summed E-state index contributed by atoms with van der Waals surface area (Å²) in [7, 11) is 0. The van der Waals surface area contributed by atoms with Gasteiger partial charge in [-0.15, -0.1) is 0 Å². The van der Waals surface area contributed by atoms with Crippen molar-refractivity contribution in [3.63, 3.8) is 0 Å². The van der Waals surface area contributed by atoms with Crippen molar-refractivity contribution in [3.8, 4) is 0 Å². The first-order valence-electron chi connectivity index (χ1n) is 11.6. The highest BCUT2D eigenvalue weighted by molar-refractivity contribution is 5.82. The fraction of sp³-hybridized carbons (Fsp3) is 0.792. The maximum atomic E-state index is 12.4. The third-order valence-electron chi connectivity index (χ3n) is 6.45. The van der Waals surface area contributed by atoms with E-state index < -0.39 is 65.9 Å². The van der Waals surface area contributed by atoms with Crippen molar-refractivity contribution < 1.29 is 38.4 Å². The van der Waals surface area contributed by atoms with Crippen LogP contribution in [0.25, 0.3) is 0 Å². The number of hydrogen-bond donors (Lipinski definition) is 1. The molecule has 0 aromatic rings. The number of hydrogen-bond acceptors (Lipinski definition) is 8. The first kappa shape index (κ1) is 26.3. The molecule has 2 heterocycles. The largest absolute Gasteiger partial charge is 0.458 e. The Morgan fingerprint density at radius 1 is 1.19 bits per heavy atom. The number of carbonyl (C=O) groups excluding carboxylic acids is 3. The Morgan fingerprint density at radius 2 is 1.88 bits per heavy atom. The molecule has 2 aliphatic rings. The van der Waals surface area contributed by atoms with Gasteiger partial charge in [0.1, 0.15) is 23.9 Å². The maximum absolute atomic E-state index is 12.4. The van der Waals surface area contributed by atoms with E-state index in [1.165, 1.54) is 19.1 Å². The monoisotopic (exact) mass is 454 g/mol. The number of ether oxygens (including phenoxy) is 4. The highest BCUT2D eigenvalue weighted by Crippen LogP contribution is 2.45. The number of carbonyl (C=O) groups is 3. The smallest absolute Gasteiger partial charge is 0.330 e. The van der Waals surface area contributed by atoms with Gasteiger partial charge in [0, 0.05) is 18.9 Å².